The lowest BCUT2D eigenvalue weighted by Crippen LogP contribution is -2.29. The molecule has 1 saturated heterocycles. The molecule has 4 nitrogen and oxygen atoms in total. The van der Waals surface area contributed by atoms with Crippen LogP contribution >= 0.6 is 0 Å². The highest BCUT2D eigenvalue weighted by Gasteiger charge is 2.28. The summed E-state index contributed by atoms with van der Waals surface area (Å²) >= 11 is 0. The van der Waals surface area contributed by atoms with E-state index in [1.807, 2.05) is 6.07 Å². The van der Waals surface area contributed by atoms with Crippen LogP contribution in [0.4, 0.5) is 0 Å². The molecule has 1 heterocycles. The van der Waals surface area contributed by atoms with Crippen LogP contribution in [-0.2, 0) is 9.59 Å². The zero-order chi connectivity index (χ0) is 9.84. The monoisotopic (exact) mass is 180 g/mol. The Morgan fingerprint density at radius 2 is 2.31 bits per heavy atom. The lowest BCUT2D eigenvalue weighted by atomic mass is 10.1. The summed E-state index contributed by atoms with van der Waals surface area (Å²) < 4.78 is 0. The predicted molar refractivity (Wildman–Crippen MR) is 45.6 cm³/mol. The van der Waals surface area contributed by atoms with E-state index in [1.54, 1.807) is 11.8 Å². The zero-order valence-electron chi connectivity index (χ0n) is 7.62. The number of rotatable bonds is 2. The second-order valence-corrected chi connectivity index (χ2v) is 3.27. The molecule has 0 radical (unpaired) electrons. The molecular formula is C9H12N2O2. The minimum absolute atomic E-state index is 0.0114. The first-order chi connectivity index (χ1) is 6.15. The van der Waals surface area contributed by atoms with E-state index in [9.17, 15) is 9.59 Å². The second-order valence-electron chi connectivity index (χ2n) is 3.27. The van der Waals surface area contributed by atoms with E-state index >= 15 is 0 Å². The van der Waals surface area contributed by atoms with Crippen molar-refractivity contribution in [2.24, 2.45) is 5.92 Å². The Morgan fingerprint density at radius 1 is 1.62 bits per heavy atom. The highest BCUT2D eigenvalue weighted by Crippen LogP contribution is 2.17. The highest BCUT2D eigenvalue weighted by atomic mass is 16.2. The maximum absolute atomic E-state index is 11.2. The lowest BCUT2D eigenvalue weighted by molar-refractivity contribution is -0.129. The summed E-state index contributed by atoms with van der Waals surface area (Å²) in [5, 5.41) is 8.31. The fourth-order valence-electron chi connectivity index (χ4n) is 1.50. The van der Waals surface area contributed by atoms with Gasteiger partial charge in [-0.2, -0.15) is 5.26 Å². The number of ketones is 1. The van der Waals surface area contributed by atoms with Gasteiger partial charge in [0.15, 0.2) is 0 Å². The third-order valence-corrected chi connectivity index (χ3v) is 2.35. The van der Waals surface area contributed by atoms with Gasteiger partial charge in [0.05, 0.1) is 6.07 Å². The molecule has 0 spiro atoms. The zero-order valence-corrected chi connectivity index (χ0v) is 7.62. The quantitative estimate of drug-likeness (QED) is 0.615. The fraction of sp³-hybridized carbons (Fsp3) is 0.667. The molecule has 1 atom stereocenters. The van der Waals surface area contributed by atoms with Crippen molar-refractivity contribution < 1.29 is 9.59 Å². The van der Waals surface area contributed by atoms with E-state index in [-0.39, 0.29) is 24.0 Å². The smallest absolute Gasteiger partial charge is 0.236 e. The lowest BCUT2D eigenvalue weighted by Gasteiger charge is -2.13. The summed E-state index contributed by atoms with van der Waals surface area (Å²) in [5.41, 5.74) is 0. The van der Waals surface area contributed by atoms with Gasteiger partial charge >= 0.3 is 0 Å². The van der Waals surface area contributed by atoms with Gasteiger partial charge in [0.2, 0.25) is 5.91 Å². The van der Waals surface area contributed by atoms with Crippen molar-refractivity contribution in [1.82, 2.24) is 4.90 Å². The van der Waals surface area contributed by atoms with Crippen LogP contribution < -0.4 is 0 Å². The molecule has 0 N–H and O–H groups in total. The Kier molecular flexibility index (Phi) is 3.02. The first-order valence-corrected chi connectivity index (χ1v) is 4.30. The molecule has 0 bridgehead atoms. The van der Waals surface area contributed by atoms with E-state index in [4.69, 9.17) is 5.26 Å². The molecule has 0 aliphatic carbocycles. The number of hydrogen-bond donors (Lipinski definition) is 0. The number of amides is 1. The van der Waals surface area contributed by atoms with Gasteiger partial charge in [-0.1, -0.05) is 0 Å². The van der Waals surface area contributed by atoms with Crippen LogP contribution in [0.25, 0.3) is 0 Å². The Labute approximate surface area is 77.1 Å². The number of Topliss-reactive ketones (excluding diaryl/α,β-unsaturated/α-hetero) is 1. The number of carbonyl (C=O) groups excluding carboxylic acids is 2. The summed E-state index contributed by atoms with van der Waals surface area (Å²) in [4.78, 5) is 23.8. The van der Waals surface area contributed by atoms with Crippen molar-refractivity contribution in [3.63, 3.8) is 0 Å². The maximum Gasteiger partial charge on any atom is 0.236 e. The average Bonchev–Trinajstić information content (AvgIpc) is 2.52. The van der Waals surface area contributed by atoms with E-state index in [0.717, 1.165) is 6.42 Å². The molecule has 0 saturated carbocycles. The third-order valence-electron chi connectivity index (χ3n) is 2.35. The summed E-state index contributed by atoms with van der Waals surface area (Å²) in [6.45, 7) is 2.66. The molecule has 1 amide bonds. The fourth-order valence-corrected chi connectivity index (χ4v) is 1.50. The minimum atomic E-state index is -0.161. The number of hydrogen-bond acceptors (Lipinski definition) is 3. The van der Waals surface area contributed by atoms with Crippen LogP contribution in [0.15, 0.2) is 0 Å². The molecule has 0 aromatic carbocycles. The largest absolute Gasteiger partial charge is 0.341 e. The standard InChI is InChI=1S/C9H12N2O2/c1-7(12)8-3-5-11(6-8)9(13)2-4-10/h8H,2-3,5-6H2,1H3. The molecule has 1 aliphatic heterocycles. The van der Waals surface area contributed by atoms with Gasteiger partial charge in [0.25, 0.3) is 0 Å². The van der Waals surface area contributed by atoms with Crippen molar-refractivity contribution in [3.8, 4) is 6.07 Å². The van der Waals surface area contributed by atoms with Crippen LogP contribution in [0, 0.1) is 17.2 Å². The van der Waals surface area contributed by atoms with E-state index < -0.39 is 0 Å². The first kappa shape index (κ1) is 9.72. The van der Waals surface area contributed by atoms with Crippen LogP contribution in [0.1, 0.15) is 19.8 Å². The molecule has 1 fully saturated rings. The van der Waals surface area contributed by atoms with Crippen molar-refractivity contribution in [2.75, 3.05) is 13.1 Å². The summed E-state index contributed by atoms with van der Waals surface area (Å²) in [5.74, 6) is -0.0406. The molecule has 4 heteroatoms. The molecular weight excluding hydrogens is 168 g/mol. The van der Waals surface area contributed by atoms with Crippen molar-refractivity contribution in [3.05, 3.63) is 0 Å². The molecule has 70 valence electrons. The Morgan fingerprint density at radius 3 is 2.77 bits per heavy atom. The third kappa shape index (κ3) is 2.28. The SMILES string of the molecule is CC(=O)C1CCN(C(=O)CC#N)C1. The van der Waals surface area contributed by atoms with Crippen LogP contribution in [-0.4, -0.2) is 29.7 Å². The van der Waals surface area contributed by atoms with Crippen LogP contribution in [0.2, 0.25) is 0 Å². The van der Waals surface area contributed by atoms with Crippen molar-refractivity contribution in [1.29, 1.82) is 5.26 Å². The van der Waals surface area contributed by atoms with Crippen molar-refractivity contribution >= 4 is 11.7 Å². The van der Waals surface area contributed by atoms with Gasteiger partial charge in [-0.15, -0.1) is 0 Å². The minimum Gasteiger partial charge on any atom is -0.341 e. The van der Waals surface area contributed by atoms with Gasteiger partial charge < -0.3 is 4.90 Å². The number of carbonyl (C=O) groups is 2. The Hall–Kier alpha value is -1.37. The van der Waals surface area contributed by atoms with Gasteiger partial charge in [-0.3, -0.25) is 9.59 Å². The molecule has 0 aromatic rings. The normalized spacial score (nSPS) is 21.2. The van der Waals surface area contributed by atoms with Crippen LogP contribution in [0.5, 0.6) is 0 Å². The Bertz CT molecular complexity index is 267. The van der Waals surface area contributed by atoms with Gasteiger partial charge in [0, 0.05) is 19.0 Å². The second kappa shape index (κ2) is 4.04. The predicted octanol–water partition coefficient (Wildman–Crippen LogP) is 0.338. The molecule has 1 rings (SSSR count). The highest BCUT2D eigenvalue weighted by molar-refractivity contribution is 5.82. The number of likely N-dealkylation sites (tertiary alicyclic amines) is 1. The Balaban J connectivity index is 2.46. The van der Waals surface area contributed by atoms with Crippen molar-refractivity contribution in [2.45, 2.75) is 19.8 Å². The average molecular weight is 180 g/mol. The van der Waals surface area contributed by atoms with E-state index in [2.05, 4.69) is 0 Å². The number of nitrogens with zero attached hydrogens (tertiary/aromatic N) is 2. The van der Waals surface area contributed by atoms with Gasteiger partial charge in [-0.05, 0) is 13.3 Å². The first-order valence-electron chi connectivity index (χ1n) is 4.30. The molecule has 0 aromatic heterocycles. The van der Waals surface area contributed by atoms with Gasteiger partial charge in [0.1, 0.15) is 12.2 Å². The molecule has 1 unspecified atom stereocenters. The molecule has 13 heavy (non-hydrogen) atoms. The summed E-state index contributed by atoms with van der Waals surface area (Å²) in [7, 11) is 0. The van der Waals surface area contributed by atoms with E-state index in [1.165, 1.54) is 0 Å². The number of nitriles is 1. The summed E-state index contributed by atoms with van der Waals surface area (Å²) in [6.07, 6.45) is 0.664. The summed E-state index contributed by atoms with van der Waals surface area (Å²) in [6, 6.07) is 1.81. The van der Waals surface area contributed by atoms with Gasteiger partial charge in [-0.25, -0.2) is 0 Å². The maximum atomic E-state index is 11.2. The topological polar surface area (TPSA) is 61.2 Å². The van der Waals surface area contributed by atoms with Crippen LogP contribution in [0.3, 0.4) is 0 Å². The molecule has 1 aliphatic rings. The van der Waals surface area contributed by atoms with E-state index in [0.29, 0.717) is 13.1 Å².